The number of thiazole rings is 1. The smallest absolute Gasteiger partial charge is 0.255 e. The lowest BCUT2D eigenvalue weighted by atomic mass is 10.1. The number of nitrogens with zero attached hydrogens (tertiary/aromatic N) is 3. The minimum Gasteiger partial charge on any atom is -0.322 e. The number of aromatic nitrogens is 3. The molecule has 7 heteroatoms. The Labute approximate surface area is 183 Å². The van der Waals surface area contributed by atoms with Gasteiger partial charge < -0.3 is 5.32 Å². The van der Waals surface area contributed by atoms with E-state index in [9.17, 15) is 4.79 Å². The van der Waals surface area contributed by atoms with E-state index in [0.717, 1.165) is 38.4 Å². The zero-order valence-corrected chi connectivity index (χ0v) is 18.3. The van der Waals surface area contributed by atoms with Gasteiger partial charge in [-0.1, -0.05) is 30.0 Å². The summed E-state index contributed by atoms with van der Waals surface area (Å²) in [7, 11) is 0. The third-order valence-corrected chi connectivity index (χ3v) is 6.12. The molecule has 0 saturated heterocycles. The van der Waals surface area contributed by atoms with Crippen LogP contribution in [0, 0.1) is 13.8 Å². The van der Waals surface area contributed by atoms with Crippen LogP contribution in [0.25, 0.3) is 10.6 Å². The van der Waals surface area contributed by atoms with Crippen molar-refractivity contribution in [3.63, 3.8) is 0 Å². The van der Waals surface area contributed by atoms with E-state index in [2.05, 4.69) is 20.3 Å². The molecule has 2 aromatic carbocycles. The van der Waals surface area contributed by atoms with Gasteiger partial charge in [0.15, 0.2) is 5.16 Å². The van der Waals surface area contributed by atoms with Crippen LogP contribution in [-0.4, -0.2) is 20.9 Å². The van der Waals surface area contributed by atoms with Crippen LogP contribution in [0.5, 0.6) is 0 Å². The Balaban J connectivity index is 1.46. The summed E-state index contributed by atoms with van der Waals surface area (Å²) in [5.41, 5.74) is 5.27. The quantitative estimate of drug-likeness (QED) is 0.310. The molecule has 0 aliphatic heterocycles. The summed E-state index contributed by atoms with van der Waals surface area (Å²) in [6.45, 7) is 3.92. The minimum absolute atomic E-state index is 0.130. The van der Waals surface area contributed by atoms with Crippen LogP contribution in [-0.2, 0) is 5.75 Å². The second-order valence-electron chi connectivity index (χ2n) is 6.75. The molecule has 0 saturated carbocycles. The SMILES string of the molecule is Cc1cc(C)nc(SCc2ccccc2C(=O)Nc2ccc(-c3nccs3)cc2)n1. The highest BCUT2D eigenvalue weighted by Crippen LogP contribution is 2.25. The fourth-order valence-corrected chi connectivity index (χ4v) is 4.63. The standard InChI is InChI=1S/C23H20N4OS2/c1-15-13-16(2)26-23(25-15)30-14-18-5-3-4-6-20(18)21(28)27-19-9-7-17(8-10-19)22-24-11-12-29-22/h3-13H,14H2,1-2H3,(H,27,28). The first-order valence-corrected chi connectivity index (χ1v) is 11.3. The highest BCUT2D eigenvalue weighted by atomic mass is 32.2. The maximum atomic E-state index is 12.9. The number of benzene rings is 2. The van der Waals surface area contributed by atoms with Crippen molar-refractivity contribution in [2.24, 2.45) is 0 Å². The topological polar surface area (TPSA) is 67.8 Å². The van der Waals surface area contributed by atoms with Crippen molar-refractivity contribution in [2.75, 3.05) is 5.32 Å². The second-order valence-corrected chi connectivity index (χ2v) is 8.58. The summed E-state index contributed by atoms with van der Waals surface area (Å²) in [6.07, 6.45) is 1.79. The van der Waals surface area contributed by atoms with Crippen LogP contribution in [0.2, 0.25) is 0 Å². The third kappa shape index (κ3) is 4.93. The van der Waals surface area contributed by atoms with E-state index in [0.29, 0.717) is 11.3 Å². The van der Waals surface area contributed by atoms with Gasteiger partial charge in [-0.05, 0) is 55.8 Å². The number of aryl methyl sites for hydroxylation is 2. The lowest BCUT2D eigenvalue weighted by Crippen LogP contribution is -2.14. The number of amides is 1. The van der Waals surface area contributed by atoms with Crippen molar-refractivity contribution in [2.45, 2.75) is 24.8 Å². The van der Waals surface area contributed by atoms with Gasteiger partial charge in [0.25, 0.3) is 5.91 Å². The Morgan fingerprint density at radius 3 is 2.47 bits per heavy atom. The summed E-state index contributed by atoms with van der Waals surface area (Å²) in [4.78, 5) is 26.2. The number of thioether (sulfide) groups is 1. The van der Waals surface area contributed by atoms with Gasteiger partial charge in [0.2, 0.25) is 0 Å². The van der Waals surface area contributed by atoms with Gasteiger partial charge in [0.05, 0.1) is 0 Å². The Hall–Kier alpha value is -3.03. The highest BCUT2D eigenvalue weighted by molar-refractivity contribution is 7.98. The van der Waals surface area contributed by atoms with Crippen molar-refractivity contribution in [3.05, 3.63) is 88.7 Å². The first-order valence-electron chi connectivity index (χ1n) is 9.43. The molecule has 0 radical (unpaired) electrons. The van der Waals surface area contributed by atoms with Crippen molar-refractivity contribution in [1.29, 1.82) is 0 Å². The summed E-state index contributed by atoms with van der Waals surface area (Å²) in [5, 5.41) is 6.62. The van der Waals surface area contributed by atoms with Crippen LogP contribution in [0.15, 0.2) is 71.3 Å². The molecule has 0 spiro atoms. The van der Waals surface area contributed by atoms with Gasteiger partial charge in [-0.2, -0.15) is 0 Å². The van der Waals surface area contributed by atoms with Gasteiger partial charge in [0.1, 0.15) is 5.01 Å². The fourth-order valence-electron chi connectivity index (χ4n) is 3.03. The van der Waals surface area contributed by atoms with Crippen LogP contribution in [0.3, 0.4) is 0 Å². The number of anilines is 1. The van der Waals surface area contributed by atoms with Crippen molar-refractivity contribution >= 4 is 34.7 Å². The number of carbonyl (C=O) groups is 1. The van der Waals surface area contributed by atoms with Crippen molar-refractivity contribution in [3.8, 4) is 10.6 Å². The number of hydrogen-bond donors (Lipinski definition) is 1. The zero-order chi connectivity index (χ0) is 20.9. The number of nitrogens with one attached hydrogen (secondary N) is 1. The molecule has 150 valence electrons. The van der Waals surface area contributed by atoms with E-state index < -0.39 is 0 Å². The molecule has 2 aromatic heterocycles. The van der Waals surface area contributed by atoms with E-state index in [-0.39, 0.29) is 5.91 Å². The van der Waals surface area contributed by atoms with Gasteiger partial charge in [-0.3, -0.25) is 4.79 Å². The Morgan fingerprint density at radius 2 is 1.77 bits per heavy atom. The average Bonchev–Trinajstić information content (AvgIpc) is 3.27. The third-order valence-electron chi connectivity index (χ3n) is 4.40. The molecule has 4 rings (SSSR count). The van der Waals surface area contributed by atoms with Gasteiger partial charge >= 0.3 is 0 Å². The van der Waals surface area contributed by atoms with Crippen molar-refractivity contribution in [1.82, 2.24) is 15.0 Å². The van der Waals surface area contributed by atoms with Crippen LogP contribution >= 0.6 is 23.1 Å². The molecule has 1 N–H and O–H groups in total. The number of hydrogen-bond acceptors (Lipinski definition) is 6. The Morgan fingerprint density at radius 1 is 1.03 bits per heavy atom. The minimum atomic E-state index is -0.130. The summed E-state index contributed by atoms with van der Waals surface area (Å²) in [6, 6.07) is 17.3. The molecule has 0 fully saturated rings. The molecular weight excluding hydrogens is 412 g/mol. The Kier molecular flexibility index (Phi) is 6.21. The van der Waals surface area contributed by atoms with Gasteiger partial charge in [-0.25, -0.2) is 15.0 Å². The molecule has 2 heterocycles. The molecule has 0 bridgehead atoms. The van der Waals surface area contributed by atoms with E-state index in [1.165, 1.54) is 11.8 Å². The molecular formula is C23H20N4OS2. The van der Waals surface area contributed by atoms with Crippen LogP contribution < -0.4 is 5.32 Å². The molecule has 0 unspecified atom stereocenters. The van der Waals surface area contributed by atoms with Gasteiger partial charge in [0, 0.05) is 45.5 Å². The van der Waals surface area contributed by atoms with Crippen LogP contribution in [0.4, 0.5) is 5.69 Å². The summed E-state index contributed by atoms with van der Waals surface area (Å²) in [5.74, 6) is 0.490. The second kappa shape index (κ2) is 9.19. The number of carbonyl (C=O) groups excluding carboxylic acids is 1. The molecule has 0 aliphatic carbocycles. The molecule has 30 heavy (non-hydrogen) atoms. The normalized spacial score (nSPS) is 10.7. The monoisotopic (exact) mass is 432 g/mol. The molecule has 0 aliphatic rings. The van der Waals surface area contributed by atoms with Crippen LogP contribution in [0.1, 0.15) is 27.3 Å². The van der Waals surface area contributed by atoms with Gasteiger partial charge in [-0.15, -0.1) is 11.3 Å². The lowest BCUT2D eigenvalue weighted by Gasteiger charge is -2.10. The highest BCUT2D eigenvalue weighted by Gasteiger charge is 2.13. The average molecular weight is 433 g/mol. The summed E-state index contributed by atoms with van der Waals surface area (Å²) < 4.78 is 0. The Bertz CT molecular complexity index is 1140. The lowest BCUT2D eigenvalue weighted by molar-refractivity contribution is 0.102. The van der Waals surface area contributed by atoms with E-state index in [4.69, 9.17) is 0 Å². The molecule has 5 nitrogen and oxygen atoms in total. The maximum absolute atomic E-state index is 12.9. The molecule has 0 atom stereocenters. The predicted molar refractivity (Wildman–Crippen MR) is 123 cm³/mol. The van der Waals surface area contributed by atoms with E-state index in [1.54, 1.807) is 17.5 Å². The fraction of sp³-hybridized carbons (Fsp3) is 0.130. The zero-order valence-electron chi connectivity index (χ0n) is 16.6. The molecule has 1 amide bonds. The number of rotatable bonds is 6. The summed E-state index contributed by atoms with van der Waals surface area (Å²) >= 11 is 3.12. The first kappa shape index (κ1) is 20.3. The van der Waals surface area contributed by atoms with E-state index >= 15 is 0 Å². The molecule has 4 aromatic rings. The van der Waals surface area contributed by atoms with E-state index in [1.807, 2.05) is 73.8 Å². The first-order chi connectivity index (χ1) is 14.6. The largest absolute Gasteiger partial charge is 0.322 e. The predicted octanol–water partition coefficient (Wildman–Crippen LogP) is 5.76. The van der Waals surface area contributed by atoms with Crippen molar-refractivity contribution < 1.29 is 4.79 Å². The maximum Gasteiger partial charge on any atom is 0.255 e.